The third-order valence-electron chi connectivity index (χ3n) is 2.99. The predicted octanol–water partition coefficient (Wildman–Crippen LogP) is 3.38. The topological polar surface area (TPSA) is 37.9 Å². The van der Waals surface area contributed by atoms with Gasteiger partial charge in [0.2, 0.25) is 0 Å². The summed E-state index contributed by atoms with van der Waals surface area (Å²) in [5, 5.41) is 8.60. The molecule has 1 heterocycles. The van der Waals surface area contributed by atoms with Gasteiger partial charge in [-0.15, -0.1) is 0 Å². The van der Waals surface area contributed by atoms with Gasteiger partial charge >= 0.3 is 0 Å². The Labute approximate surface area is 105 Å². The van der Waals surface area contributed by atoms with Crippen LogP contribution in [0.3, 0.4) is 0 Å². The van der Waals surface area contributed by atoms with Crippen LogP contribution in [0.15, 0.2) is 48.5 Å². The van der Waals surface area contributed by atoms with Crippen LogP contribution in [-0.2, 0) is 11.3 Å². The molecule has 0 aliphatic heterocycles. The van der Waals surface area contributed by atoms with E-state index in [0.29, 0.717) is 6.61 Å². The zero-order valence-corrected chi connectivity index (χ0v) is 10.2. The molecule has 3 aromatic rings. The van der Waals surface area contributed by atoms with Gasteiger partial charge in [0.05, 0.1) is 17.8 Å². The predicted molar refractivity (Wildman–Crippen MR) is 72.2 cm³/mol. The van der Waals surface area contributed by atoms with Gasteiger partial charge < -0.3 is 4.74 Å². The molecule has 1 N–H and O–H groups in total. The van der Waals surface area contributed by atoms with Crippen molar-refractivity contribution in [2.75, 3.05) is 7.11 Å². The number of hydrogen-bond acceptors (Lipinski definition) is 2. The van der Waals surface area contributed by atoms with Crippen molar-refractivity contribution in [1.82, 2.24) is 10.2 Å². The summed E-state index contributed by atoms with van der Waals surface area (Å²) in [5.74, 6) is 0. The van der Waals surface area contributed by atoms with Gasteiger partial charge in [-0.25, -0.2) is 0 Å². The second-order valence-electron chi connectivity index (χ2n) is 4.25. The third kappa shape index (κ3) is 1.89. The highest BCUT2D eigenvalue weighted by Gasteiger charge is 2.08. The largest absolute Gasteiger partial charge is 0.380 e. The Morgan fingerprint density at radius 2 is 1.94 bits per heavy atom. The van der Waals surface area contributed by atoms with Crippen molar-refractivity contribution in [3.63, 3.8) is 0 Å². The second kappa shape index (κ2) is 4.63. The van der Waals surface area contributed by atoms with Crippen molar-refractivity contribution in [3.8, 4) is 11.3 Å². The fourth-order valence-corrected chi connectivity index (χ4v) is 2.13. The molecule has 18 heavy (non-hydrogen) atoms. The first kappa shape index (κ1) is 11.0. The lowest BCUT2D eigenvalue weighted by Gasteiger charge is -2.01. The minimum atomic E-state index is 0.620. The number of ether oxygens (including phenoxy) is 1. The summed E-state index contributed by atoms with van der Waals surface area (Å²) in [4.78, 5) is 0. The van der Waals surface area contributed by atoms with E-state index in [1.165, 1.54) is 0 Å². The minimum absolute atomic E-state index is 0.620. The monoisotopic (exact) mass is 238 g/mol. The Kier molecular flexibility index (Phi) is 2.82. The summed E-state index contributed by atoms with van der Waals surface area (Å²) in [6.45, 7) is 0.620. The van der Waals surface area contributed by atoms with E-state index in [1.807, 2.05) is 24.3 Å². The quantitative estimate of drug-likeness (QED) is 0.759. The van der Waals surface area contributed by atoms with Crippen LogP contribution >= 0.6 is 0 Å². The van der Waals surface area contributed by atoms with Crippen molar-refractivity contribution in [2.45, 2.75) is 6.61 Å². The van der Waals surface area contributed by atoms with Crippen LogP contribution in [0, 0.1) is 0 Å². The molecule has 0 aliphatic carbocycles. The van der Waals surface area contributed by atoms with Crippen molar-refractivity contribution in [3.05, 3.63) is 54.1 Å². The van der Waals surface area contributed by atoms with Crippen LogP contribution in [0.2, 0.25) is 0 Å². The lowest BCUT2D eigenvalue weighted by Crippen LogP contribution is -1.86. The summed E-state index contributed by atoms with van der Waals surface area (Å²) in [6.07, 6.45) is 0. The molecule has 90 valence electrons. The van der Waals surface area contributed by atoms with Crippen molar-refractivity contribution in [1.29, 1.82) is 0 Å². The zero-order valence-electron chi connectivity index (χ0n) is 10.2. The van der Waals surface area contributed by atoms with E-state index < -0.39 is 0 Å². The molecule has 0 bridgehead atoms. The Morgan fingerprint density at radius 3 is 2.72 bits per heavy atom. The summed E-state index contributed by atoms with van der Waals surface area (Å²) < 4.78 is 5.17. The molecule has 0 spiro atoms. The number of methoxy groups -OCH3 is 1. The minimum Gasteiger partial charge on any atom is -0.380 e. The Hall–Kier alpha value is -2.13. The second-order valence-corrected chi connectivity index (χ2v) is 4.25. The summed E-state index contributed by atoms with van der Waals surface area (Å²) in [5.41, 5.74) is 4.32. The number of nitrogens with one attached hydrogen (secondary N) is 1. The Balaban J connectivity index is 2.15. The molecule has 0 radical (unpaired) electrons. The molecule has 3 heteroatoms. The molecule has 0 unspecified atom stereocenters. The first-order valence-corrected chi connectivity index (χ1v) is 5.90. The molecule has 2 aromatic carbocycles. The van der Waals surface area contributed by atoms with E-state index >= 15 is 0 Å². The lowest BCUT2D eigenvalue weighted by molar-refractivity contribution is 0.185. The molecule has 0 fully saturated rings. The number of aromatic amines is 1. The average molecular weight is 238 g/mol. The molecule has 0 atom stereocenters. The molecule has 3 nitrogen and oxygen atoms in total. The van der Waals surface area contributed by atoms with Gasteiger partial charge in [0.25, 0.3) is 0 Å². The number of fused-ring (bicyclic) bond motifs is 1. The molecule has 1 aromatic heterocycles. The highest BCUT2D eigenvalue weighted by molar-refractivity contribution is 5.93. The molecule has 0 amide bonds. The van der Waals surface area contributed by atoms with Crippen LogP contribution in [-0.4, -0.2) is 17.3 Å². The van der Waals surface area contributed by atoms with Gasteiger partial charge in [-0.05, 0) is 17.7 Å². The first-order valence-electron chi connectivity index (χ1n) is 5.90. The van der Waals surface area contributed by atoms with Crippen LogP contribution in [0.25, 0.3) is 22.2 Å². The number of aromatic nitrogens is 2. The van der Waals surface area contributed by atoms with E-state index in [-0.39, 0.29) is 0 Å². The van der Waals surface area contributed by atoms with E-state index in [0.717, 1.165) is 27.7 Å². The molecule has 3 rings (SSSR count). The van der Waals surface area contributed by atoms with Gasteiger partial charge in [0.15, 0.2) is 0 Å². The van der Waals surface area contributed by atoms with Gasteiger partial charge in [0.1, 0.15) is 0 Å². The fourth-order valence-electron chi connectivity index (χ4n) is 2.13. The third-order valence-corrected chi connectivity index (χ3v) is 2.99. The summed E-state index contributed by atoms with van der Waals surface area (Å²) in [7, 11) is 1.71. The number of rotatable bonds is 3. The molecule has 0 saturated heterocycles. The first-order chi connectivity index (χ1) is 8.88. The lowest BCUT2D eigenvalue weighted by atomic mass is 10.1. The summed E-state index contributed by atoms with van der Waals surface area (Å²) in [6, 6.07) is 16.4. The van der Waals surface area contributed by atoms with Crippen LogP contribution in [0.5, 0.6) is 0 Å². The molecule has 0 saturated carbocycles. The van der Waals surface area contributed by atoms with Crippen LogP contribution in [0.1, 0.15) is 5.56 Å². The Bertz CT molecular complexity index is 659. The maximum Gasteiger partial charge on any atom is 0.0999 e. The van der Waals surface area contributed by atoms with Gasteiger partial charge in [0, 0.05) is 18.1 Å². The highest BCUT2D eigenvalue weighted by atomic mass is 16.5. The van der Waals surface area contributed by atoms with Gasteiger partial charge in [-0.1, -0.05) is 36.4 Å². The van der Waals surface area contributed by atoms with E-state index in [2.05, 4.69) is 34.5 Å². The molecular weight excluding hydrogens is 224 g/mol. The van der Waals surface area contributed by atoms with Crippen LogP contribution < -0.4 is 0 Å². The highest BCUT2D eigenvalue weighted by Crippen LogP contribution is 2.26. The normalized spacial score (nSPS) is 10.9. The average Bonchev–Trinajstić information content (AvgIpc) is 2.83. The van der Waals surface area contributed by atoms with E-state index in [9.17, 15) is 0 Å². The van der Waals surface area contributed by atoms with Gasteiger partial charge in [-0.3, -0.25) is 5.10 Å². The maximum atomic E-state index is 5.17. The van der Waals surface area contributed by atoms with Crippen LogP contribution in [0.4, 0.5) is 0 Å². The number of hydrogen-bond donors (Lipinski definition) is 1. The number of H-pyrrole nitrogens is 1. The van der Waals surface area contributed by atoms with E-state index in [4.69, 9.17) is 4.74 Å². The van der Waals surface area contributed by atoms with Crippen molar-refractivity contribution >= 4 is 10.9 Å². The number of nitrogens with zero attached hydrogens (tertiary/aromatic N) is 1. The van der Waals surface area contributed by atoms with Gasteiger partial charge in [-0.2, -0.15) is 5.10 Å². The SMILES string of the molecule is COCc1ccc2[nH]nc(-c3ccccc3)c2c1. The summed E-state index contributed by atoms with van der Waals surface area (Å²) >= 11 is 0. The Morgan fingerprint density at radius 1 is 1.11 bits per heavy atom. The fraction of sp³-hybridized carbons (Fsp3) is 0.133. The van der Waals surface area contributed by atoms with Crippen molar-refractivity contribution < 1.29 is 4.74 Å². The molecular formula is C15H14N2O. The number of benzene rings is 2. The zero-order chi connectivity index (χ0) is 12.4. The maximum absolute atomic E-state index is 5.17. The van der Waals surface area contributed by atoms with Crippen molar-refractivity contribution in [2.24, 2.45) is 0 Å². The van der Waals surface area contributed by atoms with E-state index in [1.54, 1.807) is 7.11 Å². The standard InChI is InChI=1S/C15H14N2O/c1-18-10-11-7-8-14-13(9-11)15(17-16-14)12-5-3-2-4-6-12/h2-9H,10H2,1H3,(H,16,17). The smallest absolute Gasteiger partial charge is 0.0999 e. The molecule has 0 aliphatic rings.